The Morgan fingerprint density at radius 1 is 1.50 bits per heavy atom. The molecule has 0 N–H and O–H groups in total. The van der Waals surface area contributed by atoms with Crippen LogP contribution in [-0.2, 0) is 9.63 Å². The second-order valence-corrected chi connectivity index (χ2v) is 5.24. The quantitative estimate of drug-likeness (QED) is 0.847. The Morgan fingerprint density at radius 3 is 3.05 bits per heavy atom. The smallest absolute Gasteiger partial charge is 0.270 e. The Balaban J connectivity index is 1.86. The van der Waals surface area contributed by atoms with Crippen LogP contribution >= 0.6 is 15.9 Å². The molecule has 1 fully saturated rings. The van der Waals surface area contributed by atoms with Gasteiger partial charge < -0.3 is 0 Å². The van der Waals surface area contributed by atoms with Crippen molar-refractivity contribution in [2.24, 2.45) is 0 Å². The average molecular weight is 338 g/mol. The number of carbonyl (C=O) groups excluding carboxylic acids is 1. The van der Waals surface area contributed by atoms with Crippen LogP contribution in [-0.4, -0.2) is 44.1 Å². The van der Waals surface area contributed by atoms with Crippen LogP contribution < -0.4 is 0 Å². The predicted molar refractivity (Wildman–Crippen MR) is 73.3 cm³/mol. The largest absolute Gasteiger partial charge is 0.273 e. The van der Waals surface area contributed by atoms with E-state index in [1.165, 1.54) is 9.75 Å². The molecule has 1 aliphatic heterocycles. The number of hydroxylamine groups is 2. The second kappa shape index (κ2) is 5.29. The number of amides is 1. The minimum absolute atomic E-state index is 0.101. The van der Waals surface area contributed by atoms with E-state index in [4.69, 9.17) is 4.84 Å². The van der Waals surface area contributed by atoms with Gasteiger partial charge in [0.2, 0.25) is 0 Å². The number of halogens is 1. The Bertz CT molecular complexity index is 644. The first-order chi connectivity index (χ1) is 9.69. The summed E-state index contributed by atoms with van der Waals surface area (Å²) in [5, 5.41) is 9.44. The van der Waals surface area contributed by atoms with E-state index in [1.54, 1.807) is 18.6 Å². The molecule has 0 spiro atoms. The molecule has 2 aromatic heterocycles. The number of carbonyl (C=O) groups is 1. The number of rotatable bonds is 3. The van der Waals surface area contributed by atoms with Crippen molar-refractivity contribution in [1.82, 2.24) is 25.0 Å². The summed E-state index contributed by atoms with van der Waals surface area (Å²) in [7, 11) is 0. The maximum absolute atomic E-state index is 12.0. The van der Waals surface area contributed by atoms with E-state index in [9.17, 15) is 4.79 Å². The van der Waals surface area contributed by atoms with Crippen molar-refractivity contribution in [3.8, 4) is 11.3 Å². The lowest BCUT2D eigenvalue weighted by molar-refractivity contribution is -0.160. The summed E-state index contributed by atoms with van der Waals surface area (Å²) in [6.45, 7) is 2.67. The first-order valence-corrected chi connectivity index (χ1v) is 6.95. The van der Waals surface area contributed by atoms with Crippen LogP contribution in [0, 0.1) is 0 Å². The number of aromatic nitrogens is 4. The second-order valence-electron chi connectivity index (χ2n) is 4.32. The van der Waals surface area contributed by atoms with Crippen LogP contribution in [0.25, 0.3) is 11.3 Å². The zero-order valence-corrected chi connectivity index (χ0v) is 12.3. The summed E-state index contributed by atoms with van der Waals surface area (Å²) in [5.41, 5.74) is 1.51. The van der Waals surface area contributed by atoms with Gasteiger partial charge in [0.05, 0.1) is 6.20 Å². The van der Waals surface area contributed by atoms with Gasteiger partial charge in [-0.1, -0.05) is 5.21 Å². The van der Waals surface area contributed by atoms with E-state index in [1.807, 2.05) is 13.0 Å². The fourth-order valence-electron chi connectivity index (χ4n) is 2.01. The third kappa shape index (κ3) is 2.32. The summed E-state index contributed by atoms with van der Waals surface area (Å²) in [6.07, 6.45) is 5.13. The molecule has 8 heteroatoms. The Hall–Kier alpha value is -1.80. The lowest BCUT2D eigenvalue weighted by atomic mass is 10.2. The fourth-order valence-corrected chi connectivity index (χ4v) is 2.38. The Labute approximate surface area is 123 Å². The van der Waals surface area contributed by atoms with E-state index in [-0.39, 0.29) is 12.5 Å². The monoisotopic (exact) mass is 337 g/mol. The van der Waals surface area contributed by atoms with Crippen molar-refractivity contribution in [1.29, 1.82) is 0 Å². The van der Waals surface area contributed by atoms with Crippen LogP contribution in [0.1, 0.15) is 13.0 Å². The molecule has 1 aliphatic rings. The van der Waals surface area contributed by atoms with E-state index in [2.05, 4.69) is 31.2 Å². The topological polar surface area (TPSA) is 73.1 Å². The van der Waals surface area contributed by atoms with Crippen LogP contribution in [0.5, 0.6) is 0 Å². The molecule has 0 aliphatic carbocycles. The van der Waals surface area contributed by atoms with Gasteiger partial charge in [-0.2, -0.15) is 0 Å². The maximum atomic E-state index is 12.0. The van der Waals surface area contributed by atoms with E-state index < -0.39 is 6.04 Å². The van der Waals surface area contributed by atoms with Gasteiger partial charge >= 0.3 is 0 Å². The number of hydrogen-bond acceptors (Lipinski definition) is 5. The minimum atomic E-state index is -0.448. The SMILES string of the molecule is CCN1OCC(n2cc(-c3cncc(Br)c3)nn2)C1=O. The predicted octanol–water partition coefficient (Wildman–Crippen LogP) is 1.44. The summed E-state index contributed by atoms with van der Waals surface area (Å²) in [4.78, 5) is 21.4. The number of nitrogens with zero attached hydrogens (tertiary/aromatic N) is 5. The molecule has 0 radical (unpaired) electrons. The molecule has 1 saturated heterocycles. The van der Waals surface area contributed by atoms with Gasteiger partial charge in [0.1, 0.15) is 12.3 Å². The molecule has 20 heavy (non-hydrogen) atoms. The molecule has 0 saturated carbocycles. The number of likely N-dealkylation sites (N-methyl/N-ethyl adjacent to an activating group) is 1. The van der Waals surface area contributed by atoms with Gasteiger partial charge in [-0.05, 0) is 28.9 Å². The highest BCUT2D eigenvalue weighted by atomic mass is 79.9. The molecule has 7 nitrogen and oxygen atoms in total. The van der Waals surface area contributed by atoms with E-state index >= 15 is 0 Å². The summed E-state index contributed by atoms with van der Waals surface area (Å²) in [5.74, 6) is -0.101. The molecule has 0 aromatic carbocycles. The molecule has 2 aromatic rings. The highest BCUT2D eigenvalue weighted by Gasteiger charge is 2.34. The molecule has 1 unspecified atom stereocenters. The van der Waals surface area contributed by atoms with Crippen molar-refractivity contribution < 1.29 is 9.63 Å². The molecule has 104 valence electrons. The molecule has 1 amide bonds. The summed E-state index contributed by atoms with van der Waals surface area (Å²) >= 11 is 3.36. The van der Waals surface area contributed by atoms with Crippen molar-refractivity contribution in [2.45, 2.75) is 13.0 Å². The lowest BCUT2D eigenvalue weighted by Gasteiger charge is -2.10. The van der Waals surface area contributed by atoms with Crippen molar-refractivity contribution >= 4 is 21.8 Å². The van der Waals surface area contributed by atoms with E-state index in [0.29, 0.717) is 12.2 Å². The standard InChI is InChI=1S/C12H12BrN5O2/c1-2-18-12(19)11(7-20-18)17-6-10(15-16-17)8-3-9(13)5-14-4-8/h3-6,11H,2,7H2,1H3. The minimum Gasteiger partial charge on any atom is -0.270 e. The number of hydrogen-bond donors (Lipinski definition) is 0. The summed E-state index contributed by atoms with van der Waals surface area (Å²) < 4.78 is 2.40. The van der Waals surface area contributed by atoms with Crippen LogP contribution in [0.15, 0.2) is 29.1 Å². The zero-order chi connectivity index (χ0) is 14.1. The normalized spacial score (nSPS) is 18.8. The van der Waals surface area contributed by atoms with Gasteiger partial charge in [0, 0.05) is 29.0 Å². The summed E-state index contributed by atoms with van der Waals surface area (Å²) in [6, 6.07) is 1.45. The van der Waals surface area contributed by atoms with Crippen LogP contribution in [0.3, 0.4) is 0 Å². The van der Waals surface area contributed by atoms with Crippen molar-refractivity contribution in [2.75, 3.05) is 13.2 Å². The van der Waals surface area contributed by atoms with Crippen LogP contribution in [0.2, 0.25) is 0 Å². The molecular weight excluding hydrogens is 326 g/mol. The van der Waals surface area contributed by atoms with Gasteiger partial charge in [0.25, 0.3) is 5.91 Å². The first-order valence-electron chi connectivity index (χ1n) is 6.16. The fraction of sp³-hybridized carbons (Fsp3) is 0.333. The van der Waals surface area contributed by atoms with Gasteiger partial charge in [-0.15, -0.1) is 5.10 Å². The molecular formula is C12H12BrN5O2. The Kier molecular flexibility index (Phi) is 3.49. The average Bonchev–Trinajstić information content (AvgIpc) is 3.05. The van der Waals surface area contributed by atoms with Crippen molar-refractivity contribution in [3.63, 3.8) is 0 Å². The molecule has 0 bridgehead atoms. The van der Waals surface area contributed by atoms with Gasteiger partial charge in [-0.3, -0.25) is 14.6 Å². The maximum Gasteiger partial charge on any atom is 0.273 e. The Morgan fingerprint density at radius 2 is 2.35 bits per heavy atom. The van der Waals surface area contributed by atoms with Gasteiger partial charge in [-0.25, -0.2) is 9.75 Å². The van der Waals surface area contributed by atoms with Gasteiger partial charge in [0.15, 0.2) is 6.04 Å². The third-order valence-corrected chi connectivity index (χ3v) is 3.47. The first kappa shape index (κ1) is 13.2. The zero-order valence-electron chi connectivity index (χ0n) is 10.7. The van der Waals surface area contributed by atoms with Crippen molar-refractivity contribution in [3.05, 3.63) is 29.1 Å². The number of pyridine rings is 1. The molecule has 3 heterocycles. The molecule has 3 rings (SSSR count). The lowest BCUT2D eigenvalue weighted by Crippen LogP contribution is -2.27. The highest BCUT2D eigenvalue weighted by molar-refractivity contribution is 9.10. The van der Waals surface area contributed by atoms with Crippen LogP contribution in [0.4, 0.5) is 0 Å². The van der Waals surface area contributed by atoms with E-state index in [0.717, 1.165) is 10.0 Å². The third-order valence-electron chi connectivity index (χ3n) is 3.04. The highest BCUT2D eigenvalue weighted by Crippen LogP contribution is 2.23. The molecule has 1 atom stereocenters.